The third-order valence-electron chi connectivity index (χ3n) is 3.21. The van der Waals surface area contributed by atoms with Gasteiger partial charge in [-0.25, -0.2) is 4.39 Å². The van der Waals surface area contributed by atoms with Gasteiger partial charge in [-0.2, -0.15) is 0 Å². The number of rotatable bonds is 2. The van der Waals surface area contributed by atoms with Crippen LogP contribution in [0, 0.1) is 11.7 Å². The maximum absolute atomic E-state index is 12.9. The monoisotopic (exact) mass is 251 g/mol. The van der Waals surface area contributed by atoms with Crippen LogP contribution in [0.15, 0.2) is 24.3 Å². The van der Waals surface area contributed by atoms with Gasteiger partial charge >= 0.3 is 5.97 Å². The molecule has 1 saturated heterocycles. The molecule has 0 saturated carbocycles. The van der Waals surface area contributed by atoms with Gasteiger partial charge in [0, 0.05) is 18.9 Å². The standard InChI is InChI=1S/C13H14FNO3/c1-18-13(17)11-7-15-12(16)6-10(11)8-2-4-9(14)5-3-8/h2-5,10-11H,6-7H2,1H3,(H,15,16)/t10-,11?/m0/s1. The van der Waals surface area contributed by atoms with Crippen molar-refractivity contribution in [1.82, 2.24) is 5.32 Å². The first-order valence-corrected chi connectivity index (χ1v) is 5.72. The number of halogens is 1. The van der Waals surface area contributed by atoms with Crippen molar-refractivity contribution in [1.29, 1.82) is 0 Å². The van der Waals surface area contributed by atoms with E-state index in [2.05, 4.69) is 5.32 Å². The Morgan fingerprint density at radius 2 is 2.06 bits per heavy atom. The lowest BCUT2D eigenvalue weighted by Gasteiger charge is -2.29. The van der Waals surface area contributed by atoms with Crippen LogP contribution < -0.4 is 5.32 Å². The predicted octanol–water partition coefficient (Wildman–Crippen LogP) is 1.22. The second-order valence-electron chi connectivity index (χ2n) is 4.30. The molecule has 1 N–H and O–H groups in total. The zero-order chi connectivity index (χ0) is 13.1. The molecule has 1 amide bonds. The fourth-order valence-corrected chi connectivity index (χ4v) is 2.24. The van der Waals surface area contributed by atoms with Gasteiger partial charge in [0.05, 0.1) is 13.0 Å². The molecule has 2 rings (SSSR count). The summed E-state index contributed by atoms with van der Waals surface area (Å²) in [7, 11) is 1.32. The van der Waals surface area contributed by atoms with E-state index in [1.165, 1.54) is 19.2 Å². The highest BCUT2D eigenvalue weighted by molar-refractivity contribution is 5.83. The van der Waals surface area contributed by atoms with Crippen LogP contribution in [0.5, 0.6) is 0 Å². The molecule has 18 heavy (non-hydrogen) atoms. The molecule has 0 radical (unpaired) electrons. The van der Waals surface area contributed by atoms with Gasteiger partial charge in [0.15, 0.2) is 0 Å². The van der Waals surface area contributed by atoms with Crippen molar-refractivity contribution >= 4 is 11.9 Å². The fraction of sp³-hybridized carbons (Fsp3) is 0.385. The van der Waals surface area contributed by atoms with Gasteiger partial charge in [-0.3, -0.25) is 9.59 Å². The minimum atomic E-state index is -0.418. The summed E-state index contributed by atoms with van der Waals surface area (Å²) in [6.07, 6.45) is 0.214. The average molecular weight is 251 g/mol. The molecule has 1 aromatic carbocycles. The van der Waals surface area contributed by atoms with Gasteiger partial charge in [-0.15, -0.1) is 0 Å². The Morgan fingerprint density at radius 3 is 2.67 bits per heavy atom. The Labute approximate surface area is 104 Å². The lowest BCUT2D eigenvalue weighted by Crippen LogP contribution is -2.43. The number of ether oxygens (including phenoxy) is 1. The van der Waals surface area contributed by atoms with Gasteiger partial charge in [-0.1, -0.05) is 12.1 Å². The van der Waals surface area contributed by atoms with Gasteiger partial charge in [0.1, 0.15) is 5.82 Å². The van der Waals surface area contributed by atoms with Gasteiger partial charge < -0.3 is 10.1 Å². The van der Waals surface area contributed by atoms with E-state index < -0.39 is 5.92 Å². The third-order valence-corrected chi connectivity index (χ3v) is 3.21. The number of carbonyl (C=O) groups excluding carboxylic acids is 2. The lowest BCUT2D eigenvalue weighted by atomic mass is 9.81. The van der Waals surface area contributed by atoms with Crippen molar-refractivity contribution in [2.75, 3.05) is 13.7 Å². The molecule has 0 aromatic heterocycles. The fourth-order valence-electron chi connectivity index (χ4n) is 2.24. The summed E-state index contributed by atoms with van der Waals surface area (Å²) in [4.78, 5) is 23.1. The molecular weight excluding hydrogens is 237 g/mol. The number of piperidine rings is 1. The largest absolute Gasteiger partial charge is 0.469 e. The maximum Gasteiger partial charge on any atom is 0.311 e. The number of carbonyl (C=O) groups is 2. The maximum atomic E-state index is 12.9. The second-order valence-corrected chi connectivity index (χ2v) is 4.30. The summed E-state index contributed by atoms with van der Waals surface area (Å²) in [5.74, 6) is -1.48. The zero-order valence-corrected chi connectivity index (χ0v) is 9.98. The highest BCUT2D eigenvalue weighted by Gasteiger charge is 2.35. The predicted molar refractivity (Wildman–Crippen MR) is 62.3 cm³/mol. The van der Waals surface area contributed by atoms with E-state index in [9.17, 15) is 14.0 Å². The summed E-state index contributed by atoms with van der Waals surface area (Å²) >= 11 is 0. The molecule has 1 aliphatic heterocycles. The number of amides is 1. The highest BCUT2D eigenvalue weighted by Crippen LogP contribution is 2.31. The summed E-state index contributed by atoms with van der Waals surface area (Å²) < 4.78 is 17.6. The number of esters is 1. The number of methoxy groups -OCH3 is 1. The molecule has 1 heterocycles. The number of benzene rings is 1. The smallest absolute Gasteiger partial charge is 0.311 e. The number of hydrogen-bond acceptors (Lipinski definition) is 3. The molecule has 5 heteroatoms. The zero-order valence-electron chi connectivity index (χ0n) is 9.98. The molecule has 0 spiro atoms. The molecule has 0 bridgehead atoms. The van der Waals surface area contributed by atoms with Gasteiger partial charge in [0.25, 0.3) is 0 Å². The van der Waals surface area contributed by atoms with Crippen LogP contribution in [0.25, 0.3) is 0 Å². The third kappa shape index (κ3) is 2.50. The van der Waals surface area contributed by atoms with E-state index in [0.29, 0.717) is 0 Å². The Balaban J connectivity index is 2.27. The Morgan fingerprint density at radius 1 is 1.39 bits per heavy atom. The van der Waals surface area contributed by atoms with Crippen LogP contribution >= 0.6 is 0 Å². The lowest BCUT2D eigenvalue weighted by molar-refractivity contribution is -0.147. The number of nitrogens with one attached hydrogen (secondary N) is 1. The van der Waals surface area contributed by atoms with Crippen LogP contribution in [-0.2, 0) is 14.3 Å². The van der Waals surface area contributed by atoms with Crippen LogP contribution in [0.4, 0.5) is 4.39 Å². The second kappa shape index (κ2) is 5.16. The Kier molecular flexibility index (Phi) is 3.60. The molecule has 2 atom stereocenters. The molecule has 1 aliphatic rings. The van der Waals surface area contributed by atoms with Crippen LogP contribution in [0.2, 0.25) is 0 Å². The summed E-state index contributed by atoms with van der Waals surface area (Å²) in [5, 5.41) is 2.64. The van der Waals surface area contributed by atoms with Crippen LogP contribution in [0.3, 0.4) is 0 Å². The molecule has 1 aromatic rings. The van der Waals surface area contributed by atoms with E-state index in [0.717, 1.165) is 5.56 Å². The van der Waals surface area contributed by atoms with Crippen molar-refractivity contribution in [3.05, 3.63) is 35.6 Å². The normalized spacial score (nSPS) is 23.3. The Bertz CT molecular complexity index is 458. The van der Waals surface area contributed by atoms with E-state index in [4.69, 9.17) is 4.74 Å². The van der Waals surface area contributed by atoms with E-state index in [-0.39, 0.29) is 36.6 Å². The summed E-state index contributed by atoms with van der Waals surface area (Å²) in [5.41, 5.74) is 0.779. The van der Waals surface area contributed by atoms with Gasteiger partial charge in [0.2, 0.25) is 5.91 Å². The van der Waals surface area contributed by atoms with Crippen molar-refractivity contribution in [2.24, 2.45) is 5.92 Å². The molecule has 1 unspecified atom stereocenters. The molecule has 0 aliphatic carbocycles. The minimum absolute atomic E-state index is 0.107. The topological polar surface area (TPSA) is 55.4 Å². The van der Waals surface area contributed by atoms with E-state index in [1.807, 2.05) is 0 Å². The summed E-state index contributed by atoms with van der Waals surface area (Å²) in [6, 6.07) is 5.87. The minimum Gasteiger partial charge on any atom is -0.469 e. The van der Waals surface area contributed by atoms with Crippen molar-refractivity contribution < 1.29 is 18.7 Å². The molecule has 1 fully saturated rings. The first-order chi connectivity index (χ1) is 8.61. The Hall–Kier alpha value is -1.91. The quantitative estimate of drug-likeness (QED) is 0.804. The first-order valence-electron chi connectivity index (χ1n) is 5.72. The van der Waals surface area contributed by atoms with Gasteiger partial charge in [-0.05, 0) is 17.7 Å². The molecule has 96 valence electrons. The van der Waals surface area contributed by atoms with Crippen molar-refractivity contribution in [3.63, 3.8) is 0 Å². The molecule has 4 nitrogen and oxygen atoms in total. The molecular formula is C13H14FNO3. The SMILES string of the molecule is COC(=O)C1CNC(=O)C[C@H]1c1ccc(F)cc1. The van der Waals surface area contributed by atoms with E-state index >= 15 is 0 Å². The highest BCUT2D eigenvalue weighted by atomic mass is 19.1. The van der Waals surface area contributed by atoms with E-state index in [1.54, 1.807) is 12.1 Å². The van der Waals surface area contributed by atoms with Crippen molar-refractivity contribution in [3.8, 4) is 0 Å². The van der Waals surface area contributed by atoms with Crippen molar-refractivity contribution in [2.45, 2.75) is 12.3 Å². The average Bonchev–Trinajstić information content (AvgIpc) is 2.38. The summed E-state index contributed by atoms with van der Waals surface area (Å²) in [6.45, 7) is 0.257. The van der Waals surface area contributed by atoms with Crippen LogP contribution in [-0.4, -0.2) is 25.5 Å². The number of hydrogen-bond donors (Lipinski definition) is 1. The van der Waals surface area contributed by atoms with Crippen LogP contribution in [0.1, 0.15) is 17.9 Å². The first kappa shape index (κ1) is 12.5.